The van der Waals surface area contributed by atoms with Crippen molar-refractivity contribution in [3.8, 4) is 16.3 Å². The van der Waals surface area contributed by atoms with Gasteiger partial charge in [0, 0.05) is 17.4 Å². The fraction of sp³-hybridized carbons (Fsp3) is 0.0952. The summed E-state index contributed by atoms with van der Waals surface area (Å²) in [6.07, 6.45) is 1.76. The number of benzene rings is 2. The van der Waals surface area contributed by atoms with Gasteiger partial charge in [-0.25, -0.2) is 9.97 Å². The number of hydrogen-bond acceptors (Lipinski definition) is 5. The van der Waals surface area contributed by atoms with E-state index in [9.17, 15) is 4.79 Å². The summed E-state index contributed by atoms with van der Waals surface area (Å²) in [7, 11) is 0. The number of para-hydroxylation sites is 1. The number of ether oxygens (including phenoxy) is 1. The maximum Gasteiger partial charge on any atom is 0.262 e. The molecule has 134 valence electrons. The summed E-state index contributed by atoms with van der Waals surface area (Å²) in [5.41, 5.74) is 3.52. The first-order valence-electron chi connectivity index (χ1n) is 8.49. The molecule has 0 fully saturated rings. The summed E-state index contributed by atoms with van der Waals surface area (Å²) in [5.74, 6) is 0.504. The van der Waals surface area contributed by atoms with Crippen LogP contribution in [0.4, 0.5) is 5.69 Å². The second-order valence-electron chi connectivity index (χ2n) is 6.03. The number of aromatic nitrogens is 2. The summed E-state index contributed by atoms with van der Waals surface area (Å²) in [4.78, 5) is 22.1. The van der Waals surface area contributed by atoms with Crippen LogP contribution in [0.1, 0.15) is 5.56 Å². The number of anilines is 1. The Kier molecular flexibility index (Phi) is 4.80. The molecule has 0 bridgehead atoms. The molecule has 0 saturated heterocycles. The van der Waals surface area contributed by atoms with E-state index in [1.54, 1.807) is 6.20 Å². The predicted octanol–water partition coefficient (Wildman–Crippen LogP) is 4.68. The molecule has 2 heterocycles. The number of hydrogen-bond donors (Lipinski definition) is 1. The summed E-state index contributed by atoms with van der Waals surface area (Å²) in [6, 6.07) is 19.1. The molecule has 0 saturated carbocycles. The van der Waals surface area contributed by atoms with Gasteiger partial charge >= 0.3 is 0 Å². The maximum atomic E-state index is 12.2. The number of pyridine rings is 1. The van der Waals surface area contributed by atoms with Gasteiger partial charge in [-0.3, -0.25) is 4.79 Å². The zero-order valence-electron chi connectivity index (χ0n) is 14.7. The fourth-order valence-corrected chi connectivity index (χ4v) is 3.59. The third-order valence-electron chi connectivity index (χ3n) is 4.01. The third kappa shape index (κ3) is 3.96. The molecule has 4 aromatic rings. The number of thiazole rings is 1. The quantitative estimate of drug-likeness (QED) is 0.550. The van der Waals surface area contributed by atoms with E-state index in [0.717, 1.165) is 26.5 Å². The van der Waals surface area contributed by atoms with Gasteiger partial charge in [0.05, 0.1) is 0 Å². The van der Waals surface area contributed by atoms with Gasteiger partial charge in [-0.05, 0) is 42.8 Å². The van der Waals surface area contributed by atoms with Gasteiger partial charge in [-0.15, -0.1) is 0 Å². The molecule has 0 radical (unpaired) electrons. The van der Waals surface area contributed by atoms with Crippen LogP contribution >= 0.6 is 11.3 Å². The lowest BCUT2D eigenvalue weighted by atomic mass is 10.2. The number of amides is 1. The standard InChI is InChI=1S/C21H17N3O2S/c1-14-6-2-3-10-18(14)26-13-19(25)23-16-8-4-7-15(12-16)20-24-17-9-5-11-22-21(17)27-20/h2-12H,13H2,1H3,(H,23,25). The summed E-state index contributed by atoms with van der Waals surface area (Å²) < 4.78 is 5.59. The Bertz CT molecular complexity index is 1070. The van der Waals surface area contributed by atoms with Crippen molar-refractivity contribution >= 4 is 33.3 Å². The van der Waals surface area contributed by atoms with Crippen molar-refractivity contribution in [2.75, 3.05) is 11.9 Å². The molecular weight excluding hydrogens is 358 g/mol. The Morgan fingerprint density at radius 3 is 2.85 bits per heavy atom. The minimum absolute atomic E-state index is 0.0415. The van der Waals surface area contributed by atoms with Crippen molar-refractivity contribution in [2.45, 2.75) is 6.92 Å². The lowest BCUT2D eigenvalue weighted by molar-refractivity contribution is -0.118. The third-order valence-corrected chi connectivity index (χ3v) is 5.04. The van der Waals surface area contributed by atoms with E-state index < -0.39 is 0 Å². The van der Waals surface area contributed by atoms with E-state index in [1.807, 2.05) is 67.6 Å². The van der Waals surface area contributed by atoms with E-state index in [4.69, 9.17) is 4.74 Å². The van der Waals surface area contributed by atoms with E-state index in [-0.39, 0.29) is 12.5 Å². The number of rotatable bonds is 5. The monoisotopic (exact) mass is 375 g/mol. The second-order valence-corrected chi connectivity index (χ2v) is 7.01. The minimum Gasteiger partial charge on any atom is -0.483 e. The molecule has 0 unspecified atom stereocenters. The summed E-state index contributed by atoms with van der Waals surface area (Å²) in [6.45, 7) is 1.91. The number of aryl methyl sites for hydroxylation is 1. The van der Waals surface area contributed by atoms with Crippen molar-refractivity contribution in [2.24, 2.45) is 0 Å². The molecule has 27 heavy (non-hydrogen) atoms. The van der Waals surface area contributed by atoms with Crippen LogP contribution in [0, 0.1) is 6.92 Å². The fourth-order valence-electron chi connectivity index (χ4n) is 2.68. The van der Waals surface area contributed by atoms with Crippen molar-refractivity contribution in [3.05, 3.63) is 72.4 Å². The van der Waals surface area contributed by atoms with Crippen LogP contribution in [0.15, 0.2) is 66.9 Å². The van der Waals surface area contributed by atoms with E-state index in [2.05, 4.69) is 15.3 Å². The zero-order chi connectivity index (χ0) is 18.6. The Morgan fingerprint density at radius 2 is 2.00 bits per heavy atom. The van der Waals surface area contributed by atoms with Crippen LogP contribution in [0.3, 0.4) is 0 Å². The average molecular weight is 375 g/mol. The lowest BCUT2D eigenvalue weighted by Gasteiger charge is -2.10. The predicted molar refractivity (Wildman–Crippen MR) is 108 cm³/mol. The van der Waals surface area contributed by atoms with Crippen molar-refractivity contribution in [1.29, 1.82) is 0 Å². The van der Waals surface area contributed by atoms with Gasteiger partial charge in [0.25, 0.3) is 5.91 Å². The number of carbonyl (C=O) groups excluding carboxylic acids is 1. The van der Waals surface area contributed by atoms with Crippen molar-refractivity contribution in [1.82, 2.24) is 9.97 Å². The van der Waals surface area contributed by atoms with Crippen LogP contribution in [-0.4, -0.2) is 22.5 Å². The van der Waals surface area contributed by atoms with Gasteiger partial charge in [-0.2, -0.15) is 0 Å². The first-order valence-corrected chi connectivity index (χ1v) is 9.31. The van der Waals surface area contributed by atoms with Gasteiger partial charge < -0.3 is 10.1 Å². The molecule has 0 aliphatic carbocycles. The first-order chi connectivity index (χ1) is 13.2. The van der Waals surface area contributed by atoms with Gasteiger partial charge in [-0.1, -0.05) is 41.7 Å². The van der Waals surface area contributed by atoms with Crippen molar-refractivity contribution in [3.63, 3.8) is 0 Å². The maximum absolute atomic E-state index is 12.2. The number of nitrogens with one attached hydrogen (secondary N) is 1. The molecule has 0 spiro atoms. The van der Waals surface area contributed by atoms with Crippen molar-refractivity contribution < 1.29 is 9.53 Å². The Balaban J connectivity index is 1.46. The molecule has 0 aliphatic rings. The molecule has 6 heteroatoms. The largest absolute Gasteiger partial charge is 0.483 e. The number of nitrogens with zero attached hydrogens (tertiary/aromatic N) is 2. The Hall–Kier alpha value is -3.25. The second kappa shape index (κ2) is 7.55. The van der Waals surface area contributed by atoms with Gasteiger partial charge in [0.1, 0.15) is 21.1 Å². The zero-order valence-corrected chi connectivity index (χ0v) is 15.5. The molecule has 1 N–H and O–H groups in total. The summed E-state index contributed by atoms with van der Waals surface area (Å²) in [5, 5.41) is 3.74. The topological polar surface area (TPSA) is 64.1 Å². The van der Waals surface area contributed by atoms with Crippen LogP contribution in [0.5, 0.6) is 5.75 Å². The van der Waals surface area contributed by atoms with Gasteiger partial charge in [0.15, 0.2) is 6.61 Å². The highest BCUT2D eigenvalue weighted by Gasteiger charge is 2.09. The molecule has 4 rings (SSSR count). The van der Waals surface area contributed by atoms with Crippen LogP contribution in [0.2, 0.25) is 0 Å². The first kappa shape index (κ1) is 17.2. The van der Waals surface area contributed by atoms with E-state index >= 15 is 0 Å². The number of carbonyl (C=O) groups is 1. The van der Waals surface area contributed by atoms with Crippen LogP contribution in [-0.2, 0) is 4.79 Å². The highest BCUT2D eigenvalue weighted by molar-refractivity contribution is 7.21. The van der Waals surface area contributed by atoms with Crippen LogP contribution < -0.4 is 10.1 Å². The molecule has 0 atom stereocenters. The van der Waals surface area contributed by atoms with E-state index in [1.165, 1.54) is 11.3 Å². The minimum atomic E-state index is -0.207. The molecule has 5 nitrogen and oxygen atoms in total. The van der Waals surface area contributed by atoms with Gasteiger partial charge in [0.2, 0.25) is 0 Å². The average Bonchev–Trinajstić information content (AvgIpc) is 3.12. The Labute approximate surface area is 160 Å². The lowest BCUT2D eigenvalue weighted by Crippen LogP contribution is -2.20. The highest BCUT2D eigenvalue weighted by atomic mass is 32.1. The molecule has 2 aromatic carbocycles. The number of fused-ring (bicyclic) bond motifs is 1. The molecular formula is C21H17N3O2S. The molecule has 0 aliphatic heterocycles. The normalized spacial score (nSPS) is 10.7. The Morgan fingerprint density at radius 1 is 1.11 bits per heavy atom. The highest BCUT2D eigenvalue weighted by Crippen LogP contribution is 2.30. The molecule has 1 amide bonds. The molecule has 2 aromatic heterocycles. The SMILES string of the molecule is Cc1ccccc1OCC(=O)Nc1cccc(-c2nc3cccnc3s2)c1. The smallest absolute Gasteiger partial charge is 0.262 e. The van der Waals surface area contributed by atoms with Crippen LogP contribution in [0.25, 0.3) is 20.9 Å². The summed E-state index contributed by atoms with van der Waals surface area (Å²) >= 11 is 1.53. The van der Waals surface area contributed by atoms with E-state index in [0.29, 0.717) is 11.4 Å².